The van der Waals surface area contributed by atoms with Crippen LogP contribution in [-0.4, -0.2) is 27.9 Å². The number of benzene rings is 2. The van der Waals surface area contributed by atoms with Gasteiger partial charge in [0, 0.05) is 18.1 Å². The highest BCUT2D eigenvalue weighted by molar-refractivity contribution is 6.06. The van der Waals surface area contributed by atoms with E-state index in [-0.39, 0.29) is 28.9 Å². The van der Waals surface area contributed by atoms with Crippen molar-refractivity contribution in [1.82, 2.24) is 4.57 Å². The number of nitrogens with zero attached hydrogens (tertiary/aromatic N) is 1. The minimum Gasteiger partial charge on any atom is -0.503 e. The van der Waals surface area contributed by atoms with Gasteiger partial charge in [-0.2, -0.15) is 0 Å². The fourth-order valence-electron chi connectivity index (χ4n) is 2.95. The van der Waals surface area contributed by atoms with Crippen LogP contribution < -0.4 is 9.47 Å². The van der Waals surface area contributed by atoms with Gasteiger partial charge >= 0.3 is 12.3 Å². The van der Waals surface area contributed by atoms with E-state index in [2.05, 4.69) is 4.74 Å². The van der Waals surface area contributed by atoms with Gasteiger partial charge in [0.1, 0.15) is 5.75 Å². The van der Waals surface area contributed by atoms with Crippen LogP contribution in [0.2, 0.25) is 0 Å². The van der Waals surface area contributed by atoms with Crippen molar-refractivity contribution in [2.75, 3.05) is 0 Å². The summed E-state index contributed by atoms with van der Waals surface area (Å²) in [7, 11) is 0. The number of hydrogen-bond acceptors (Lipinski definition) is 5. The van der Waals surface area contributed by atoms with Crippen LogP contribution in [0.1, 0.15) is 29.4 Å². The van der Waals surface area contributed by atoms with E-state index < -0.39 is 46.8 Å². The number of carbonyl (C=O) groups is 2. The summed E-state index contributed by atoms with van der Waals surface area (Å²) >= 11 is 0. The van der Waals surface area contributed by atoms with Gasteiger partial charge in [0.2, 0.25) is 0 Å². The molecule has 1 N–H and O–H groups in total. The number of hydrogen-bond donors (Lipinski definition) is 1. The summed E-state index contributed by atoms with van der Waals surface area (Å²) in [5.41, 5.74) is -0.567. The van der Waals surface area contributed by atoms with Gasteiger partial charge in [0.05, 0.1) is 16.6 Å². The van der Waals surface area contributed by atoms with Gasteiger partial charge in [0.15, 0.2) is 23.1 Å². The standard InChI is InChI=1S/C20H14F5NO5/c1-3-14(27)30-18-9(2)26(13-8-12(21)17(28)16(22)15(13)18)19(29)10-4-6-11(7-5-10)31-20(23,24)25/h4-8,28H,3H2,1-2H3. The first kappa shape index (κ1) is 22.1. The Balaban J connectivity index is 2.16. The van der Waals surface area contributed by atoms with Crippen molar-refractivity contribution in [2.24, 2.45) is 0 Å². The van der Waals surface area contributed by atoms with Crippen LogP contribution in [0, 0.1) is 18.6 Å². The van der Waals surface area contributed by atoms with Crippen LogP contribution >= 0.6 is 0 Å². The molecule has 3 rings (SSSR count). The summed E-state index contributed by atoms with van der Waals surface area (Å²) < 4.78 is 75.2. The van der Waals surface area contributed by atoms with Crippen LogP contribution in [0.5, 0.6) is 17.2 Å². The van der Waals surface area contributed by atoms with Crippen LogP contribution in [0.4, 0.5) is 22.0 Å². The number of esters is 1. The number of aromatic hydroxyl groups is 1. The van der Waals surface area contributed by atoms with Gasteiger partial charge in [-0.1, -0.05) is 6.92 Å². The Labute approximate surface area is 171 Å². The smallest absolute Gasteiger partial charge is 0.503 e. The van der Waals surface area contributed by atoms with Gasteiger partial charge in [-0.3, -0.25) is 14.2 Å². The molecule has 0 aliphatic heterocycles. The number of phenolic OH excluding ortho intramolecular Hbond substituents is 1. The highest BCUT2D eigenvalue weighted by atomic mass is 19.4. The number of carbonyl (C=O) groups excluding carboxylic acids is 2. The number of rotatable bonds is 4. The fourth-order valence-corrected chi connectivity index (χ4v) is 2.95. The summed E-state index contributed by atoms with van der Waals surface area (Å²) in [5, 5.41) is 9.11. The van der Waals surface area contributed by atoms with E-state index in [1.165, 1.54) is 13.8 Å². The fraction of sp³-hybridized carbons (Fsp3) is 0.200. The Morgan fingerprint density at radius 2 is 1.74 bits per heavy atom. The lowest BCUT2D eigenvalue weighted by molar-refractivity contribution is -0.274. The second-order valence-corrected chi connectivity index (χ2v) is 6.37. The van der Waals surface area contributed by atoms with Crippen molar-refractivity contribution < 1.29 is 46.1 Å². The van der Waals surface area contributed by atoms with Gasteiger partial charge in [-0.15, -0.1) is 13.2 Å². The Morgan fingerprint density at radius 1 is 1.13 bits per heavy atom. The SMILES string of the molecule is CCC(=O)Oc1c(C)n(C(=O)c2ccc(OC(F)(F)F)cc2)c2cc(F)c(O)c(F)c12. The monoisotopic (exact) mass is 443 g/mol. The van der Waals surface area contributed by atoms with Crippen molar-refractivity contribution >= 4 is 22.8 Å². The number of alkyl halides is 3. The third kappa shape index (κ3) is 4.16. The summed E-state index contributed by atoms with van der Waals surface area (Å²) in [5.74, 6) is -6.72. The van der Waals surface area contributed by atoms with Crippen LogP contribution in [-0.2, 0) is 4.79 Å². The average molecular weight is 443 g/mol. The summed E-state index contributed by atoms with van der Waals surface area (Å²) in [6.45, 7) is 2.77. The lowest BCUT2D eigenvalue weighted by atomic mass is 10.2. The first-order valence-electron chi connectivity index (χ1n) is 8.77. The molecule has 0 atom stereocenters. The summed E-state index contributed by atoms with van der Waals surface area (Å²) in [6.07, 6.45) is -5.01. The van der Waals surface area contributed by atoms with E-state index >= 15 is 0 Å². The van der Waals surface area contributed by atoms with Gasteiger partial charge in [-0.25, -0.2) is 8.78 Å². The number of ether oxygens (including phenoxy) is 2. The molecule has 0 bridgehead atoms. The highest BCUT2D eigenvalue weighted by Gasteiger charge is 2.31. The molecule has 0 fully saturated rings. The Bertz CT molecular complexity index is 1180. The quantitative estimate of drug-likeness (QED) is 0.462. The molecule has 6 nitrogen and oxygen atoms in total. The molecule has 0 spiro atoms. The van der Waals surface area contributed by atoms with Gasteiger partial charge in [0.25, 0.3) is 5.91 Å². The number of aromatic nitrogens is 1. The lowest BCUT2D eigenvalue weighted by Gasteiger charge is -2.10. The van der Waals surface area contributed by atoms with E-state index in [1.54, 1.807) is 0 Å². The molecule has 11 heteroatoms. The number of fused-ring (bicyclic) bond motifs is 1. The topological polar surface area (TPSA) is 77.8 Å². The van der Waals surface area contributed by atoms with Crippen LogP contribution in [0.15, 0.2) is 30.3 Å². The van der Waals surface area contributed by atoms with E-state index in [0.717, 1.165) is 28.8 Å². The molecule has 31 heavy (non-hydrogen) atoms. The van der Waals surface area contributed by atoms with E-state index in [1.807, 2.05) is 0 Å². The molecular formula is C20H14F5NO5. The van der Waals surface area contributed by atoms with Crippen molar-refractivity contribution in [3.8, 4) is 17.2 Å². The van der Waals surface area contributed by atoms with Crippen molar-refractivity contribution in [3.05, 3.63) is 53.2 Å². The van der Waals surface area contributed by atoms with Crippen molar-refractivity contribution in [1.29, 1.82) is 0 Å². The molecule has 3 aromatic rings. The molecule has 0 unspecified atom stereocenters. The summed E-state index contributed by atoms with van der Waals surface area (Å²) in [4.78, 5) is 24.8. The van der Waals surface area contributed by atoms with E-state index in [9.17, 15) is 36.6 Å². The lowest BCUT2D eigenvalue weighted by Crippen LogP contribution is -2.17. The molecule has 0 saturated heterocycles. The molecule has 1 aromatic heterocycles. The Morgan fingerprint density at radius 3 is 2.29 bits per heavy atom. The minimum absolute atomic E-state index is 0.0821. The normalized spacial score (nSPS) is 11.6. The second-order valence-electron chi connectivity index (χ2n) is 6.37. The molecule has 0 radical (unpaired) electrons. The maximum atomic E-state index is 14.6. The van der Waals surface area contributed by atoms with Gasteiger partial charge < -0.3 is 14.6 Å². The predicted octanol–water partition coefficient (Wildman–Crippen LogP) is 4.84. The van der Waals surface area contributed by atoms with E-state index in [0.29, 0.717) is 6.07 Å². The predicted molar refractivity (Wildman–Crippen MR) is 97.0 cm³/mol. The molecule has 0 amide bonds. The largest absolute Gasteiger partial charge is 0.573 e. The maximum absolute atomic E-state index is 14.6. The third-order valence-electron chi connectivity index (χ3n) is 4.35. The van der Waals surface area contributed by atoms with Crippen LogP contribution in [0.3, 0.4) is 0 Å². The zero-order chi connectivity index (χ0) is 23.1. The third-order valence-corrected chi connectivity index (χ3v) is 4.35. The summed E-state index contributed by atoms with van der Waals surface area (Å²) in [6, 6.07) is 4.53. The minimum atomic E-state index is -4.92. The second kappa shape index (κ2) is 7.89. The molecule has 164 valence electrons. The zero-order valence-corrected chi connectivity index (χ0v) is 16.0. The zero-order valence-electron chi connectivity index (χ0n) is 16.0. The number of phenols is 1. The van der Waals surface area contributed by atoms with E-state index in [4.69, 9.17) is 4.74 Å². The average Bonchev–Trinajstić information content (AvgIpc) is 2.96. The molecule has 0 saturated carbocycles. The van der Waals surface area contributed by atoms with Gasteiger partial charge in [-0.05, 0) is 31.2 Å². The molecular weight excluding hydrogens is 429 g/mol. The highest BCUT2D eigenvalue weighted by Crippen LogP contribution is 2.40. The number of halogens is 5. The van der Waals surface area contributed by atoms with Crippen LogP contribution in [0.25, 0.3) is 10.9 Å². The first-order chi connectivity index (χ1) is 14.4. The van der Waals surface area contributed by atoms with Crippen molar-refractivity contribution in [2.45, 2.75) is 26.6 Å². The molecule has 1 heterocycles. The maximum Gasteiger partial charge on any atom is 0.573 e. The molecule has 0 aliphatic rings. The first-order valence-corrected chi connectivity index (χ1v) is 8.77. The molecule has 0 aliphatic carbocycles. The molecule has 2 aromatic carbocycles. The van der Waals surface area contributed by atoms with Crippen molar-refractivity contribution in [3.63, 3.8) is 0 Å². The Hall–Kier alpha value is -3.63. The Kier molecular flexibility index (Phi) is 5.62.